The number of carbonyl (C=O) groups excluding carboxylic acids is 2. The highest BCUT2D eigenvalue weighted by atomic mass is 32.2. The first-order chi connectivity index (χ1) is 12.3. The number of nitrogens with zero attached hydrogens (tertiary/aromatic N) is 2. The molecule has 2 atom stereocenters. The second kappa shape index (κ2) is 7.11. The van der Waals surface area contributed by atoms with E-state index in [2.05, 4.69) is 11.9 Å². The first-order valence-corrected chi connectivity index (χ1v) is 10.2. The van der Waals surface area contributed by atoms with E-state index in [1.807, 2.05) is 12.1 Å². The number of hydrogen-bond acceptors (Lipinski definition) is 4. The molecule has 0 saturated carbocycles. The SMILES string of the molecule is C=CC(=O)N1CCCC(C(=O)NC2CS(=O)(=O)N(C)c3ccccc32)C1. The van der Waals surface area contributed by atoms with Crippen molar-refractivity contribution in [1.82, 2.24) is 10.2 Å². The van der Waals surface area contributed by atoms with Crippen LogP contribution in [0.1, 0.15) is 24.4 Å². The topological polar surface area (TPSA) is 86.8 Å². The van der Waals surface area contributed by atoms with Crippen molar-refractivity contribution in [2.75, 3.05) is 30.2 Å². The maximum Gasteiger partial charge on any atom is 0.245 e. The number of para-hydroxylation sites is 1. The molecule has 2 amide bonds. The molecule has 0 radical (unpaired) electrons. The van der Waals surface area contributed by atoms with E-state index < -0.39 is 16.1 Å². The van der Waals surface area contributed by atoms with Gasteiger partial charge in [-0.05, 0) is 30.5 Å². The van der Waals surface area contributed by atoms with E-state index in [1.54, 1.807) is 17.0 Å². The number of anilines is 1. The Kier molecular flexibility index (Phi) is 5.04. The van der Waals surface area contributed by atoms with Crippen LogP contribution in [0.3, 0.4) is 0 Å². The summed E-state index contributed by atoms with van der Waals surface area (Å²) in [6, 6.07) is 6.57. The highest BCUT2D eigenvalue weighted by Crippen LogP contribution is 2.34. The van der Waals surface area contributed by atoms with Crippen LogP contribution in [0.4, 0.5) is 5.69 Å². The number of benzene rings is 1. The van der Waals surface area contributed by atoms with Gasteiger partial charge in [-0.3, -0.25) is 13.9 Å². The first-order valence-electron chi connectivity index (χ1n) is 8.60. The van der Waals surface area contributed by atoms with Gasteiger partial charge in [-0.1, -0.05) is 24.8 Å². The molecule has 0 aromatic heterocycles. The molecule has 2 aliphatic heterocycles. The Morgan fingerprint density at radius 2 is 2.04 bits per heavy atom. The molecule has 2 heterocycles. The Hall–Kier alpha value is -2.35. The minimum absolute atomic E-state index is 0.172. The molecular weight excluding hydrogens is 354 g/mol. The van der Waals surface area contributed by atoms with Gasteiger partial charge in [0.2, 0.25) is 21.8 Å². The Morgan fingerprint density at radius 3 is 2.77 bits per heavy atom. The largest absolute Gasteiger partial charge is 0.348 e. The Labute approximate surface area is 153 Å². The number of piperidine rings is 1. The zero-order valence-electron chi connectivity index (χ0n) is 14.7. The fourth-order valence-electron chi connectivity index (χ4n) is 3.56. The van der Waals surface area contributed by atoms with Crippen LogP contribution in [0.5, 0.6) is 0 Å². The number of sulfonamides is 1. The van der Waals surface area contributed by atoms with Crippen LogP contribution in [0.2, 0.25) is 0 Å². The normalized spacial score (nSPS) is 24.5. The molecule has 1 N–H and O–H groups in total. The number of carbonyl (C=O) groups is 2. The zero-order valence-corrected chi connectivity index (χ0v) is 15.5. The van der Waals surface area contributed by atoms with Crippen molar-refractivity contribution in [3.05, 3.63) is 42.5 Å². The van der Waals surface area contributed by atoms with Crippen molar-refractivity contribution in [2.24, 2.45) is 5.92 Å². The Balaban J connectivity index is 1.78. The van der Waals surface area contributed by atoms with Crippen LogP contribution < -0.4 is 9.62 Å². The summed E-state index contributed by atoms with van der Waals surface area (Å²) in [6.45, 7) is 4.43. The van der Waals surface area contributed by atoms with Crippen LogP contribution in [0.25, 0.3) is 0 Å². The van der Waals surface area contributed by atoms with Crippen LogP contribution in [-0.4, -0.2) is 51.0 Å². The van der Waals surface area contributed by atoms with Crippen LogP contribution >= 0.6 is 0 Å². The Bertz CT molecular complexity index is 837. The van der Waals surface area contributed by atoms with Crippen molar-refractivity contribution in [1.29, 1.82) is 0 Å². The van der Waals surface area contributed by atoms with Gasteiger partial charge in [0.1, 0.15) is 0 Å². The smallest absolute Gasteiger partial charge is 0.245 e. The predicted octanol–water partition coefficient (Wildman–Crippen LogP) is 1.05. The maximum atomic E-state index is 12.7. The van der Waals surface area contributed by atoms with Crippen molar-refractivity contribution in [3.8, 4) is 0 Å². The third kappa shape index (κ3) is 3.46. The molecule has 8 heteroatoms. The highest BCUT2D eigenvalue weighted by molar-refractivity contribution is 7.92. The van der Waals surface area contributed by atoms with E-state index in [4.69, 9.17) is 0 Å². The van der Waals surface area contributed by atoms with Gasteiger partial charge < -0.3 is 10.2 Å². The zero-order chi connectivity index (χ0) is 18.9. The first kappa shape index (κ1) is 18.4. The lowest BCUT2D eigenvalue weighted by Gasteiger charge is -2.35. The van der Waals surface area contributed by atoms with Crippen LogP contribution in [0.15, 0.2) is 36.9 Å². The van der Waals surface area contributed by atoms with Crippen LogP contribution in [-0.2, 0) is 19.6 Å². The molecule has 140 valence electrons. The van der Waals surface area contributed by atoms with Crippen molar-refractivity contribution >= 4 is 27.5 Å². The molecule has 2 aliphatic rings. The summed E-state index contributed by atoms with van der Waals surface area (Å²) in [6.07, 6.45) is 2.66. The van der Waals surface area contributed by atoms with Crippen molar-refractivity contribution in [3.63, 3.8) is 0 Å². The number of hydrogen-bond donors (Lipinski definition) is 1. The fraction of sp³-hybridized carbons (Fsp3) is 0.444. The van der Waals surface area contributed by atoms with E-state index in [-0.39, 0.29) is 23.5 Å². The molecule has 1 fully saturated rings. The number of amides is 2. The second-order valence-electron chi connectivity index (χ2n) is 6.69. The summed E-state index contributed by atoms with van der Waals surface area (Å²) < 4.78 is 26.1. The summed E-state index contributed by atoms with van der Waals surface area (Å²) in [7, 11) is -1.97. The minimum Gasteiger partial charge on any atom is -0.348 e. The summed E-state index contributed by atoms with van der Waals surface area (Å²) in [5, 5.41) is 2.89. The summed E-state index contributed by atoms with van der Waals surface area (Å²) >= 11 is 0. The number of nitrogens with one attached hydrogen (secondary N) is 1. The van der Waals surface area contributed by atoms with Crippen molar-refractivity contribution in [2.45, 2.75) is 18.9 Å². The van der Waals surface area contributed by atoms with Gasteiger partial charge >= 0.3 is 0 Å². The van der Waals surface area contributed by atoms with Gasteiger partial charge in [0.05, 0.1) is 23.4 Å². The Morgan fingerprint density at radius 1 is 1.31 bits per heavy atom. The standard InChI is InChI=1S/C18H23N3O4S/c1-3-17(22)21-10-6-7-13(11-21)18(23)19-15-12-26(24,25)20(2)16-9-5-4-8-14(15)16/h3-5,8-9,13,15H,1,6-7,10-12H2,2H3,(H,19,23). The summed E-state index contributed by atoms with van der Waals surface area (Å²) in [5.74, 6) is -0.920. The quantitative estimate of drug-likeness (QED) is 0.798. The average molecular weight is 377 g/mol. The lowest BCUT2D eigenvalue weighted by Crippen LogP contribution is -2.48. The van der Waals surface area contributed by atoms with Gasteiger partial charge in [-0.2, -0.15) is 0 Å². The lowest BCUT2D eigenvalue weighted by molar-refractivity contribution is -0.132. The molecule has 26 heavy (non-hydrogen) atoms. The van der Waals surface area contributed by atoms with E-state index >= 15 is 0 Å². The second-order valence-corrected chi connectivity index (χ2v) is 8.74. The molecule has 1 aromatic carbocycles. The van der Waals surface area contributed by atoms with E-state index in [0.717, 1.165) is 12.0 Å². The minimum atomic E-state index is -3.49. The maximum absolute atomic E-state index is 12.7. The summed E-state index contributed by atoms with van der Waals surface area (Å²) in [5.41, 5.74) is 1.36. The molecule has 3 rings (SSSR count). The molecule has 0 bridgehead atoms. The van der Waals surface area contributed by atoms with Gasteiger partial charge in [0.15, 0.2) is 0 Å². The highest BCUT2D eigenvalue weighted by Gasteiger charge is 2.36. The van der Waals surface area contributed by atoms with Gasteiger partial charge in [-0.15, -0.1) is 0 Å². The van der Waals surface area contributed by atoms with Gasteiger partial charge in [-0.25, -0.2) is 8.42 Å². The van der Waals surface area contributed by atoms with Gasteiger partial charge in [0, 0.05) is 20.1 Å². The molecule has 2 unspecified atom stereocenters. The van der Waals surface area contributed by atoms with Gasteiger partial charge in [0.25, 0.3) is 0 Å². The fourth-order valence-corrected chi connectivity index (χ4v) is 4.93. The number of rotatable bonds is 3. The monoisotopic (exact) mass is 377 g/mol. The third-order valence-corrected chi connectivity index (χ3v) is 6.83. The van der Waals surface area contributed by atoms with E-state index in [1.165, 1.54) is 17.4 Å². The van der Waals surface area contributed by atoms with E-state index in [9.17, 15) is 18.0 Å². The van der Waals surface area contributed by atoms with E-state index in [0.29, 0.717) is 25.2 Å². The average Bonchev–Trinajstić information content (AvgIpc) is 2.65. The molecular formula is C18H23N3O4S. The van der Waals surface area contributed by atoms with Crippen molar-refractivity contribution < 1.29 is 18.0 Å². The molecule has 7 nitrogen and oxygen atoms in total. The molecule has 0 aliphatic carbocycles. The lowest BCUT2D eigenvalue weighted by atomic mass is 9.96. The molecule has 0 spiro atoms. The number of likely N-dealkylation sites (tertiary alicyclic amines) is 1. The summed E-state index contributed by atoms with van der Waals surface area (Å²) in [4.78, 5) is 26.2. The molecule has 1 aromatic rings. The van der Waals surface area contributed by atoms with Crippen LogP contribution in [0, 0.1) is 5.92 Å². The predicted molar refractivity (Wildman–Crippen MR) is 99.0 cm³/mol. The molecule has 1 saturated heterocycles. The third-order valence-electron chi connectivity index (χ3n) is 5.04. The number of fused-ring (bicyclic) bond motifs is 1.